The lowest BCUT2D eigenvalue weighted by atomic mass is 10.2. The van der Waals surface area contributed by atoms with Crippen molar-refractivity contribution in [3.8, 4) is 0 Å². The van der Waals surface area contributed by atoms with Crippen LogP contribution in [0.2, 0.25) is 0 Å². The molecule has 1 aliphatic rings. The quantitative estimate of drug-likeness (QED) is 0.779. The van der Waals surface area contributed by atoms with Crippen LogP contribution in [-0.2, 0) is 0 Å². The van der Waals surface area contributed by atoms with Crippen LogP contribution in [0.4, 0.5) is 0 Å². The van der Waals surface area contributed by atoms with Gasteiger partial charge in [0.05, 0.1) is 6.54 Å². The van der Waals surface area contributed by atoms with Gasteiger partial charge in [-0.15, -0.1) is 0 Å². The molecule has 0 fully saturated rings. The van der Waals surface area contributed by atoms with Crippen molar-refractivity contribution in [1.82, 2.24) is 10.2 Å². The Bertz CT molecular complexity index is 206. The van der Waals surface area contributed by atoms with Gasteiger partial charge in [0.15, 0.2) is 5.17 Å². The van der Waals surface area contributed by atoms with Crippen molar-refractivity contribution in [1.29, 1.82) is 0 Å². The van der Waals surface area contributed by atoms with E-state index in [4.69, 9.17) is 0 Å². The van der Waals surface area contributed by atoms with Crippen LogP contribution in [0.1, 0.15) is 27.7 Å². The van der Waals surface area contributed by atoms with Gasteiger partial charge in [-0.25, -0.2) is 0 Å². The molecule has 0 radical (unpaired) electrons. The molecule has 1 N–H and O–H groups in total. The molecule has 88 valence electrons. The highest BCUT2D eigenvalue weighted by atomic mass is 32.2. The second-order valence-corrected chi connectivity index (χ2v) is 5.47. The number of hydrogen-bond donors (Lipinski definition) is 1. The highest BCUT2D eigenvalue weighted by molar-refractivity contribution is 8.14. The van der Waals surface area contributed by atoms with Gasteiger partial charge in [-0.3, -0.25) is 9.89 Å². The third-order valence-corrected chi connectivity index (χ3v) is 3.49. The van der Waals surface area contributed by atoms with Gasteiger partial charge in [0, 0.05) is 30.9 Å². The SMILES string of the molecule is CC(C)N(CCNC1=NCCS1)C(C)C. The minimum absolute atomic E-state index is 0.616. The van der Waals surface area contributed by atoms with Crippen LogP contribution in [0.15, 0.2) is 4.99 Å². The number of thioether (sulfide) groups is 1. The van der Waals surface area contributed by atoms with Gasteiger partial charge < -0.3 is 5.32 Å². The molecule has 0 atom stereocenters. The fourth-order valence-corrected chi connectivity index (χ4v) is 2.61. The average molecular weight is 229 g/mol. The van der Waals surface area contributed by atoms with Crippen LogP contribution < -0.4 is 5.32 Å². The number of nitrogens with one attached hydrogen (secondary N) is 1. The second kappa shape index (κ2) is 6.38. The number of hydrogen-bond acceptors (Lipinski definition) is 4. The molecule has 3 nitrogen and oxygen atoms in total. The minimum Gasteiger partial charge on any atom is -0.364 e. The highest BCUT2D eigenvalue weighted by Gasteiger charge is 2.13. The Hall–Kier alpha value is -0.220. The fourth-order valence-electron chi connectivity index (χ4n) is 1.85. The maximum absolute atomic E-state index is 4.37. The zero-order valence-corrected chi connectivity index (χ0v) is 11.1. The normalized spacial score (nSPS) is 16.6. The first-order chi connectivity index (χ1) is 7.11. The zero-order chi connectivity index (χ0) is 11.3. The predicted molar refractivity (Wildman–Crippen MR) is 69.7 cm³/mol. The van der Waals surface area contributed by atoms with Gasteiger partial charge >= 0.3 is 0 Å². The van der Waals surface area contributed by atoms with E-state index in [1.807, 2.05) is 11.8 Å². The van der Waals surface area contributed by atoms with Crippen molar-refractivity contribution in [3.05, 3.63) is 0 Å². The van der Waals surface area contributed by atoms with Crippen molar-refractivity contribution >= 4 is 16.9 Å². The van der Waals surface area contributed by atoms with Crippen LogP contribution in [0, 0.1) is 0 Å². The monoisotopic (exact) mass is 229 g/mol. The molecular weight excluding hydrogens is 206 g/mol. The lowest BCUT2D eigenvalue weighted by Crippen LogP contribution is -2.42. The Morgan fingerprint density at radius 1 is 1.33 bits per heavy atom. The van der Waals surface area contributed by atoms with Crippen molar-refractivity contribution in [2.24, 2.45) is 4.99 Å². The van der Waals surface area contributed by atoms with Crippen molar-refractivity contribution in [2.45, 2.75) is 39.8 Å². The van der Waals surface area contributed by atoms with Crippen LogP contribution in [0.5, 0.6) is 0 Å². The third kappa shape index (κ3) is 4.43. The maximum atomic E-state index is 4.37. The molecule has 1 aliphatic heterocycles. The Morgan fingerprint density at radius 3 is 2.47 bits per heavy atom. The van der Waals surface area contributed by atoms with Gasteiger partial charge in [0.25, 0.3) is 0 Å². The van der Waals surface area contributed by atoms with Gasteiger partial charge in [0.2, 0.25) is 0 Å². The smallest absolute Gasteiger partial charge is 0.156 e. The molecule has 0 bridgehead atoms. The van der Waals surface area contributed by atoms with E-state index < -0.39 is 0 Å². The summed E-state index contributed by atoms with van der Waals surface area (Å²) in [7, 11) is 0. The Kier molecular flexibility index (Phi) is 5.47. The Labute approximate surface area is 97.7 Å². The Balaban J connectivity index is 2.21. The van der Waals surface area contributed by atoms with Gasteiger partial charge in [-0.2, -0.15) is 0 Å². The molecule has 0 spiro atoms. The number of nitrogens with zero attached hydrogens (tertiary/aromatic N) is 2. The maximum Gasteiger partial charge on any atom is 0.156 e. The van der Waals surface area contributed by atoms with Crippen LogP contribution in [0.25, 0.3) is 0 Å². The molecule has 4 heteroatoms. The van der Waals surface area contributed by atoms with Crippen LogP contribution in [0.3, 0.4) is 0 Å². The van der Waals surface area contributed by atoms with Crippen molar-refractivity contribution in [3.63, 3.8) is 0 Å². The molecule has 0 aliphatic carbocycles. The Morgan fingerprint density at radius 2 is 2.00 bits per heavy atom. The summed E-state index contributed by atoms with van der Waals surface area (Å²) in [6.45, 7) is 12.1. The van der Waals surface area contributed by atoms with Gasteiger partial charge in [-0.1, -0.05) is 11.8 Å². The average Bonchev–Trinajstić information content (AvgIpc) is 2.63. The number of rotatable bonds is 5. The summed E-state index contributed by atoms with van der Waals surface area (Å²) in [5.74, 6) is 1.14. The van der Waals surface area contributed by atoms with Crippen molar-refractivity contribution < 1.29 is 0 Å². The topological polar surface area (TPSA) is 27.6 Å². The molecule has 1 heterocycles. The first-order valence-corrected chi connectivity index (χ1v) is 6.76. The van der Waals surface area contributed by atoms with E-state index >= 15 is 0 Å². The molecular formula is C11H23N3S. The van der Waals surface area contributed by atoms with E-state index in [1.165, 1.54) is 0 Å². The number of aliphatic imine (C=N–C) groups is 1. The summed E-state index contributed by atoms with van der Waals surface area (Å²) in [4.78, 5) is 6.87. The predicted octanol–water partition coefficient (Wildman–Crippen LogP) is 1.80. The van der Waals surface area contributed by atoms with Gasteiger partial charge in [0.1, 0.15) is 0 Å². The highest BCUT2D eigenvalue weighted by Crippen LogP contribution is 2.09. The first kappa shape index (κ1) is 12.8. The lowest BCUT2D eigenvalue weighted by molar-refractivity contribution is 0.178. The van der Waals surface area contributed by atoms with E-state index in [0.717, 1.165) is 30.6 Å². The summed E-state index contributed by atoms with van der Waals surface area (Å²) in [5.41, 5.74) is 0. The molecule has 0 amide bonds. The largest absolute Gasteiger partial charge is 0.364 e. The molecule has 1 rings (SSSR count). The minimum atomic E-state index is 0.616. The molecule has 15 heavy (non-hydrogen) atoms. The first-order valence-electron chi connectivity index (χ1n) is 5.78. The van der Waals surface area contributed by atoms with Gasteiger partial charge in [-0.05, 0) is 27.7 Å². The fraction of sp³-hybridized carbons (Fsp3) is 0.909. The summed E-state index contributed by atoms with van der Waals surface area (Å²) in [6, 6.07) is 1.23. The lowest BCUT2D eigenvalue weighted by Gasteiger charge is -2.30. The zero-order valence-electron chi connectivity index (χ0n) is 10.3. The molecule has 0 aromatic rings. The van der Waals surface area contributed by atoms with Crippen LogP contribution in [-0.4, -0.2) is 47.5 Å². The molecule has 0 unspecified atom stereocenters. The van der Waals surface area contributed by atoms with E-state index in [0.29, 0.717) is 12.1 Å². The standard InChI is InChI=1S/C11H23N3S/c1-9(2)14(10(3)4)7-5-12-11-13-6-8-15-11/h9-10H,5-8H2,1-4H3,(H,12,13). The summed E-state index contributed by atoms with van der Waals surface area (Å²) >= 11 is 1.83. The van der Waals surface area contributed by atoms with E-state index in [-0.39, 0.29) is 0 Å². The molecule has 0 saturated carbocycles. The van der Waals surface area contributed by atoms with Crippen molar-refractivity contribution in [2.75, 3.05) is 25.4 Å². The van der Waals surface area contributed by atoms with E-state index in [9.17, 15) is 0 Å². The van der Waals surface area contributed by atoms with Crippen LogP contribution >= 0.6 is 11.8 Å². The summed E-state index contributed by atoms with van der Waals surface area (Å²) in [5, 5.41) is 4.52. The summed E-state index contributed by atoms with van der Waals surface area (Å²) < 4.78 is 0. The second-order valence-electron chi connectivity index (χ2n) is 4.39. The molecule has 0 aromatic heterocycles. The molecule has 0 aromatic carbocycles. The third-order valence-electron chi connectivity index (χ3n) is 2.56. The summed E-state index contributed by atoms with van der Waals surface area (Å²) in [6.07, 6.45) is 0. The van der Waals surface area contributed by atoms with E-state index in [1.54, 1.807) is 0 Å². The molecule has 0 saturated heterocycles. The number of amidine groups is 1. The van der Waals surface area contributed by atoms with E-state index in [2.05, 4.69) is 42.9 Å².